The normalized spacial score (nSPS) is 12.3. The largest absolute Gasteiger partial charge is 0.492 e. The van der Waals surface area contributed by atoms with Crippen molar-refractivity contribution in [3.63, 3.8) is 0 Å². The minimum Gasteiger partial charge on any atom is -0.492 e. The van der Waals surface area contributed by atoms with Gasteiger partial charge in [0.1, 0.15) is 19.0 Å². The number of carboxylic acids is 1. The van der Waals surface area contributed by atoms with Crippen molar-refractivity contribution in [2.24, 2.45) is 0 Å². The molecule has 0 saturated heterocycles. The predicted octanol–water partition coefficient (Wildman–Crippen LogP) is 4.01. The minimum absolute atomic E-state index is 0.0975. The maximum absolute atomic E-state index is 13.0. The molecule has 0 aliphatic rings. The number of unbranched alkanes of at least 4 members (excludes halogenated alkanes) is 1. The van der Waals surface area contributed by atoms with Crippen molar-refractivity contribution >= 4 is 12.1 Å². The molecule has 8 nitrogen and oxygen atoms in total. The highest BCUT2D eigenvalue weighted by Gasteiger charge is 2.21. The highest BCUT2D eigenvalue weighted by molar-refractivity contribution is 5.72. The summed E-state index contributed by atoms with van der Waals surface area (Å²) in [6, 6.07) is 6.94. The number of methoxy groups -OCH3 is 1. The molecule has 1 amide bonds. The third-order valence-electron chi connectivity index (χ3n) is 4.68. The van der Waals surface area contributed by atoms with Gasteiger partial charge in [0.15, 0.2) is 6.10 Å². The lowest BCUT2D eigenvalue weighted by Crippen LogP contribution is -2.36. The molecule has 1 aromatic rings. The van der Waals surface area contributed by atoms with E-state index in [0.29, 0.717) is 18.8 Å². The number of carbonyl (C=O) groups is 2. The Kier molecular flexibility index (Phi) is 13.3. The van der Waals surface area contributed by atoms with E-state index in [0.717, 1.165) is 12.5 Å². The molecule has 0 aliphatic heterocycles. The number of hydrogen-bond acceptors (Lipinski definition) is 6. The van der Waals surface area contributed by atoms with Gasteiger partial charge in [0, 0.05) is 33.1 Å². The second-order valence-electron chi connectivity index (χ2n) is 7.60. The first-order chi connectivity index (χ1) is 15.7. The molecule has 0 bridgehead atoms. The number of amides is 1. The third kappa shape index (κ3) is 13.0. The third-order valence-corrected chi connectivity index (χ3v) is 4.68. The molecule has 10 heteroatoms. The molecule has 0 aliphatic carbocycles. The number of rotatable bonds is 17. The molecule has 0 aromatic heterocycles. The van der Waals surface area contributed by atoms with Crippen LogP contribution in [0.4, 0.5) is 13.6 Å². The van der Waals surface area contributed by atoms with Crippen LogP contribution in [0.3, 0.4) is 0 Å². The molecule has 0 fully saturated rings. The Morgan fingerprint density at radius 2 is 1.79 bits per heavy atom. The van der Waals surface area contributed by atoms with Gasteiger partial charge >= 0.3 is 12.1 Å². The molecular weight excluding hydrogens is 440 g/mol. The predicted molar refractivity (Wildman–Crippen MR) is 118 cm³/mol. The Hall–Kier alpha value is -2.46. The van der Waals surface area contributed by atoms with E-state index in [2.05, 4.69) is 0 Å². The number of ether oxygens (including phenoxy) is 4. The van der Waals surface area contributed by atoms with Gasteiger partial charge in [0.25, 0.3) is 0 Å². The summed E-state index contributed by atoms with van der Waals surface area (Å²) in [5.41, 5.74) is 0.791. The van der Waals surface area contributed by atoms with Crippen LogP contribution in [-0.4, -0.2) is 80.7 Å². The van der Waals surface area contributed by atoms with E-state index < -0.39 is 24.1 Å². The summed E-state index contributed by atoms with van der Waals surface area (Å²) in [6.45, 7) is 3.96. The van der Waals surface area contributed by atoms with E-state index in [4.69, 9.17) is 18.9 Å². The van der Waals surface area contributed by atoms with Gasteiger partial charge in [-0.25, -0.2) is 18.4 Å². The lowest BCUT2D eigenvalue weighted by molar-refractivity contribution is -0.149. The summed E-state index contributed by atoms with van der Waals surface area (Å²) in [4.78, 5) is 24.9. The number of alkyl halides is 2. The topological polar surface area (TPSA) is 94.5 Å². The number of aliphatic carboxylic acids is 1. The standard InChI is InChI=1S/C23H35F2NO7/c1-4-31-20(21(27)28)17-18-7-9-19(10-8-18)32-14-13-26(22(29)33-16-15-30-3)12-6-5-11-23(2,24)25/h7-10,20H,4-6,11-17H2,1-3H3,(H,27,28). The first kappa shape index (κ1) is 28.6. The average Bonchev–Trinajstić information content (AvgIpc) is 2.75. The van der Waals surface area contributed by atoms with Crippen molar-refractivity contribution in [2.75, 3.05) is 46.6 Å². The number of benzene rings is 1. The zero-order chi connectivity index (χ0) is 24.7. The van der Waals surface area contributed by atoms with E-state index in [9.17, 15) is 23.5 Å². The van der Waals surface area contributed by atoms with E-state index >= 15 is 0 Å². The monoisotopic (exact) mass is 475 g/mol. The Balaban J connectivity index is 2.55. The number of hydrogen-bond donors (Lipinski definition) is 1. The molecule has 0 saturated carbocycles. The van der Waals surface area contributed by atoms with Crippen LogP contribution in [0.1, 0.15) is 38.7 Å². The molecule has 0 spiro atoms. The number of halogens is 2. The second-order valence-corrected chi connectivity index (χ2v) is 7.60. The molecular formula is C23H35F2NO7. The van der Waals surface area contributed by atoms with Crippen molar-refractivity contribution < 1.29 is 42.4 Å². The first-order valence-corrected chi connectivity index (χ1v) is 11.0. The van der Waals surface area contributed by atoms with Gasteiger partial charge in [0.2, 0.25) is 5.92 Å². The smallest absolute Gasteiger partial charge is 0.409 e. The lowest BCUT2D eigenvalue weighted by Gasteiger charge is -2.22. The molecule has 0 radical (unpaired) electrons. The zero-order valence-corrected chi connectivity index (χ0v) is 19.6. The summed E-state index contributed by atoms with van der Waals surface area (Å²) in [5.74, 6) is -3.19. The molecule has 33 heavy (non-hydrogen) atoms. The fourth-order valence-corrected chi connectivity index (χ4v) is 2.96. The molecule has 1 aromatic carbocycles. The van der Waals surface area contributed by atoms with Gasteiger partial charge in [-0.15, -0.1) is 0 Å². The van der Waals surface area contributed by atoms with E-state index in [1.165, 1.54) is 12.0 Å². The highest BCUT2D eigenvalue weighted by Crippen LogP contribution is 2.20. The summed E-state index contributed by atoms with van der Waals surface area (Å²) in [5, 5.41) is 9.18. The van der Waals surface area contributed by atoms with E-state index in [-0.39, 0.29) is 52.2 Å². The summed E-state index contributed by atoms with van der Waals surface area (Å²) in [7, 11) is 1.49. The van der Waals surface area contributed by atoms with E-state index in [1.807, 2.05) is 0 Å². The summed E-state index contributed by atoms with van der Waals surface area (Å²) in [6.07, 6.45) is -0.762. The minimum atomic E-state index is -2.73. The SMILES string of the molecule is CCOC(Cc1ccc(OCCN(CCCCC(C)(F)F)C(=O)OCCOC)cc1)C(=O)O. The van der Waals surface area contributed by atoms with Crippen LogP contribution in [0.25, 0.3) is 0 Å². The number of carboxylic acid groups (broad SMARTS) is 1. The highest BCUT2D eigenvalue weighted by atomic mass is 19.3. The van der Waals surface area contributed by atoms with E-state index in [1.54, 1.807) is 31.2 Å². The second kappa shape index (κ2) is 15.4. The van der Waals surface area contributed by atoms with Crippen LogP contribution >= 0.6 is 0 Å². The van der Waals surface area contributed by atoms with Gasteiger partial charge in [-0.2, -0.15) is 0 Å². The van der Waals surface area contributed by atoms with Crippen molar-refractivity contribution in [3.05, 3.63) is 29.8 Å². The van der Waals surface area contributed by atoms with Crippen LogP contribution in [0, 0.1) is 0 Å². The summed E-state index contributed by atoms with van der Waals surface area (Å²) < 4.78 is 46.9. The molecule has 188 valence electrons. The average molecular weight is 476 g/mol. The first-order valence-electron chi connectivity index (χ1n) is 11.0. The Morgan fingerprint density at radius 3 is 2.36 bits per heavy atom. The van der Waals surface area contributed by atoms with Gasteiger partial charge in [0.05, 0.1) is 13.2 Å². The lowest BCUT2D eigenvalue weighted by atomic mass is 10.1. The molecule has 1 rings (SSSR count). The maximum Gasteiger partial charge on any atom is 0.409 e. The van der Waals surface area contributed by atoms with Crippen molar-refractivity contribution in [1.29, 1.82) is 0 Å². The van der Waals surface area contributed by atoms with Gasteiger partial charge in [-0.05, 0) is 44.4 Å². The Labute approximate surface area is 193 Å². The number of carbonyl (C=O) groups excluding carboxylic acids is 1. The van der Waals surface area contributed by atoms with Crippen molar-refractivity contribution in [3.8, 4) is 5.75 Å². The van der Waals surface area contributed by atoms with Gasteiger partial charge in [-0.3, -0.25) is 0 Å². The number of nitrogens with zero attached hydrogens (tertiary/aromatic N) is 1. The molecule has 1 unspecified atom stereocenters. The Morgan fingerprint density at radius 1 is 1.09 bits per heavy atom. The van der Waals surface area contributed by atoms with Crippen LogP contribution in [-0.2, 0) is 25.4 Å². The molecule has 1 N–H and O–H groups in total. The summed E-state index contributed by atoms with van der Waals surface area (Å²) >= 11 is 0. The van der Waals surface area contributed by atoms with Crippen molar-refractivity contribution in [1.82, 2.24) is 4.90 Å². The fraction of sp³-hybridized carbons (Fsp3) is 0.652. The van der Waals surface area contributed by atoms with Crippen LogP contribution < -0.4 is 4.74 Å². The van der Waals surface area contributed by atoms with Crippen LogP contribution in [0.5, 0.6) is 5.75 Å². The molecule has 0 heterocycles. The quantitative estimate of drug-likeness (QED) is 0.340. The fourth-order valence-electron chi connectivity index (χ4n) is 2.96. The van der Waals surface area contributed by atoms with Gasteiger partial charge < -0.3 is 29.0 Å². The van der Waals surface area contributed by atoms with Gasteiger partial charge in [-0.1, -0.05) is 12.1 Å². The van der Waals surface area contributed by atoms with Crippen LogP contribution in [0.2, 0.25) is 0 Å². The Bertz CT molecular complexity index is 695. The molecule has 1 atom stereocenters. The van der Waals surface area contributed by atoms with Crippen LogP contribution in [0.15, 0.2) is 24.3 Å². The zero-order valence-electron chi connectivity index (χ0n) is 19.6. The van der Waals surface area contributed by atoms with Crippen molar-refractivity contribution in [2.45, 2.75) is 51.6 Å². The maximum atomic E-state index is 13.0.